The number of imide groups is 1. The van der Waals surface area contributed by atoms with Crippen LogP contribution in [0.4, 0.5) is 10.5 Å². The van der Waals surface area contributed by atoms with Gasteiger partial charge in [-0.3, -0.25) is 19.7 Å². The molecule has 2 aromatic rings. The quantitative estimate of drug-likeness (QED) is 0.557. The van der Waals surface area contributed by atoms with Crippen molar-refractivity contribution < 1.29 is 19.1 Å². The lowest BCUT2D eigenvalue weighted by molar-refractivity contribution is -0.118. The van der Waals surface area contributed by atoms with Crippen molar-refractivity contribution in [3.8, 4) is 5.75 Å². The minimum atomic E-state index is -0.474. The zero-order valence-electron chi connectivity index (χ0n) is 13.9. The first-order chi connectivity index (χ1) is 13.3. The predicted octanol–water partition coefficient (Wildman–Crippen LogP) is 5.10. The summed E-state index contributed by atoms with van der Waals surface area (Å²) in [5, 5.41) is 5.11. The topological polar surface area (TPSA) is 84.5 Å². The van der Waals surface area contributed by atoms with Crippen LogP contribution in [0.1, 0.15) is 5.56 Å². The van der Waals surface area contributed by atoms with Gasteiger partial charge in [0.1, 0.15) is 5.75 Å². The first-order valence-electron chi connectivity index (χ1n) is 7.74. The minimum Gasteiger partial charge on any atom is -0.483 e. The highest BCUT2D eigenvalue weighted by Crippen LogP contribution is 2.31. The number of thioether (sulfide) groups is 1. The third-order valence-corrected chi connectivity index (χ3v) is 5.51. The van der Waals surface area contributed by atoms with E-state index in [1.807, 2.05) is 0 Å². The summed E-state index contributed by atoms with van der Waals surface area (Å²) in [5.41, 5.74) is 1.03. The second-order valence-electron chi connectivity index (χ2n) is 5.50. The third-order valence-electron chi connectivity index (χ3n) is 3.46. The largest absolute Gasteiger partial charge is 0.483 e. The molecule has 0 radical (unpaired) electrons. The van der Waals surface area contributed by atoms with Crippen LogP contribution in [-0.4, -0.2) is 23.7 Å². The molecule has 0 aromatic heterocycles. The molecule has 0 bridgehead atoms. The van der Waals surface area contributed by atoms with E-state index in [0.717, 1.165) is 16.2 Å². The second-order valence-corrected chi connectivity index (χ2v) is 8.24. The van der Waals surface area contributed by atoms with E-state index in [1.165, 1.54) is 12.1 Å². The summed E-state index contributed by atoms with van der Waals surface area (Å²) in [6.45, 7) is -0.268. The maximum absolute atomic E-state index is 12.2. The highest BCUT2D eigenvalue weighted by Gasteiger charge is 2.25. The Morgan fingerprint density at radius 2 is 1.96 bits per heavy atom. The Hall–Kier alpha value is -2.00. The van der Waals surface area contributed by atoms with Crippen LogP contribution >= 0.6 is 50.9 Å². The standard InChI is InChI=1S/C18H11BrCl2N2O4S/c19-10-1-4-14(9(5-10)6-15-17(25)23-18(26)28-15)27-8-16(24)22-11-2-3-12(20)13(21)7-11/h1-7H,8H2,(H,22,24)(H,23,25,26). The van der Waals surface area contributed by atoms with Crippen LogP contribution in [-0.2, 0) is 9.59 Å². The normalized spacial score (nSPS) is 14.9. The van der Waals surface area contributed by atoms with Crippen molar-refractivity contribution in [2.24, 2.45) is 0 Å². The zero-order chi connectivity index (χ0) is 20.3. The van der Waals surface area contributed by atoms with Crippen LogP contribution in [0.25, 0.3) is 6.08 Å². The van der Waals surface area contributed by atoms with Gasteiger partial charge in [-0.2, -0.15) is 0 Å². The molecule has 28 heavy (non-hydrogen) atoms. The van der Waals surface area contributed by atoms with Crippen molar-refractivity contribution in [3.05, 3.63) is 61.4 Å². The lowest BCUT2D eigenvalue weighted by Crippen LogP contribution is -2.20. The molecule has 0 saturated carbocycles. The molecule has 10 heteroatoms. The van der Waals surface area contributed by atoms with Crippen molar-refractivity contribution in [2.75, 3.05) is 11.9 Å². The Labute approximate surface area is 182 Å². The first kappa shape index (κ1) is 20.7. The lowest BCUT2D eigenvalue weighted by atomic mass is 10.2. The summed E-state index contributed by atoms with van der Waals surface area (Å²) in [5.74, 6) is -0.492. The van der Waals surface area contributed by atoms with Gasteiger partial charge in [0.05, 0.1) is 15.0 Å². The van der Waals surface area contributed by atoms with Gasteiger partial charge in [0.25, 0.3) is 17.1 Å². The second kappa shape index (κ2) is 9.00. The van der Waals surface area contributed by atoms with Gasteiger partial charge in [0.2, 0.25) is 0 Å². The number of anilines is 1. The molecule has 0 atom stereocenters. The third kappa shape index (κ3) is 5.29. The van der Waals surface area contributed by atoms with Crippen LogP contribution < -0.4 is 15.4 Å². The van der Waals surface area contributed by atoms with E-state index in [-0.39, 0.29) is 11.5 Å². The van der Waals surface area contributed by atoms with Crippen molar-refractivity contribution in [1.82, 2.24) is 5.32 Å². The SMILES string of the molecule is O=C(COc1ccc(Br)cc1C=C1SC(=O)NC1=O)Nc1ccc(Cl)c(Cl)c1. The molecule has 144 valence electrons. The van der Waals surface area contributed by atoms with Crippen LogP contribution in [0, 0.1) is 0 Å². The zero-order valence-corrected chi connectivity index (χ0v) is 17.8. The summed E-state index contributed by atoms with van der Waals surface area (Å²) >= 11 is 15.9. The number of hydrogen-bond donors (Lipinski definition) is 2. The fourth-order valence-corrected chi connectivity index (χ4v) is 3.59. The maximum atomic E-state index is 12.2. The van der Waals surface area contributed by atoms with Gasteiger partial charge in [0, 0.05) is 15.7 Å². The number of halogens is 3. The Morgan fingerprint density at radius 1 is 1.18 bits per heavy atom. The molecule has 0 unspecified atom stereocenters. The summed E-state index contributed by atoms with van der Waals surface area (Å²) in [6, 6.07) is 9.84. The van der Waals surface area contributed by atoms with Gasteiger partial charge in [0.15, 0.2) is 6.61 Å². The van der Waals surface area contributed by atoms with Gasteiger partial charge in [-0.1, -0.05) is 39.1 Å². The summed E-state index contributed by atoms with van der Waals surface area (Å²) in [6.07, 6.45) is 1.53. The van der Waals surface area contributed by atoms with E-state index >= 15 is 0 Å². The molecule has 0 aliphatic carbocycles. The smallest absolute Gasteiger partial charge is 0.290 e. The number of nitrogens with one attached hydrogen (secondary N) is 2. The average Bonchev–Trinajstić information content (AvgIpc) is 2.94. The van der Waals surface area contributed by atoms with Gasteiger partial charge < -0.3 is 10.1 Å². The predicted molar refractivity (Wildman–Crippen MR) is 114 cm³/mol. The van der Waals surface area contributed by atoms with Gasteiger partial charge in [-0.15, -0.1) is 0 Å². The van der Waals surface area contributed by atoms with E-state index in [1.54, 1.807) is 30.3 Å². The molecular formula is C18H11BrCl2N2O4S. The molecule has 3 rings (SSSR count). The van der Waals surface area contributed by atoms with Crippen molar-refractivity contribution in [3.63, 3.8) is 0 Å². The fourth-order valence-electron chi connectivity index (χ4n) is 2.24. The van der Waals surface area contributed by atoms with E-state index in [4.69, 9.17) is 27.9 Å². The molecule has 3 amide bonds. The van der Waals surface area contributed by atoms with Crippen molar-refractivity contribution in [2.45, 2.75) is 0 Å². The van der Waals surface area contributed by atoms with E-state index < -0.39 is 17.1 Å². The summed E-state index contributed by atoms with van der Waals surface area (Å²) in [4.78, 5) is 35.5. The Bertz CT molecular complexity index is 1010. The molecule has 1 heterocycles. The number of carbonyl (C=O) groups is 3. The number of hydrogen-bond acceptors (Lipinski definition) is 5. The summed E-state index contributed by atoms with van der Waals surface area (Å²) < 4.78 is 6.34. The van der Waals surface area contributed by atoms with Crippen molar-refractivity contribution >= 4 is 79.7 Å². The van der Waals surface area contributed by atoms with Crippen molar-refractivity contribution in [1.29, 1.82) is 0 Å². The highest BCUT2D eigenvalue weighted by atomic mass is 79.9. The summed E-state index contributed by atoms with van der Waals surface area (Å²) in [7, 11) is 0. The molecule has 6 nitrogen and oxygen atoms in total. The molecule has 2 N–H and O–H groups in total. The lowest BCUT2D eigenvalue weighted by Gasteiger charge is -2.11. The van der Waals surface area contributed by atoms with E-state index in [2.05, 4.69) is 26.6 Å². The number of ether oxygens (including phenoxy) is 1. The van der Waals surface area contributed by atoms with Crippen LogP contribution in [0.5, 0.6) is 5.75 Å². The van der Waals surface area contributed by atoms with Gasteiger partial charge >= 0.3 is 0 Å². The van der Waals surface area contributed by atoms with E-state index in [9.17, 15) is 14.4 Å². The first-order valence-corrected chi connectivity index (χ1v) is 10.1. The van der Waals surface area contributed by atoms with Gasteiger partial charge in [-0.05, 0) is 54.2 Å². The van der Waals surface area contributed by atoms with Crippen LogP contribution in [0.2, 0.25) is 10.0 Å². The minimum absolute atomic E-state index is 0.244. The highest BCUT2D eigenvalue weighted by molar-refractivity contribution is 9.10. The fraction of sp³-hybridized carbons (Fsp3) is 0.0556. The number of carbonyl (C=O) groups excluding carboxylic acids is 3. The van der Waals surface area contributed by atoms with Crippen LogP contribution in [0.15, 0.2) is 45.8 Å². The molecule has 1 aliphatic rings. The number of benzene rings is 2. The Morgan fingerprint density at radius 3 is 2.64 bits per heavy atom. The van der Waals surface area contributed by atoms with Crippen LogP contribution in [0.3, 0.4) is 0 Å². The average molecular weight is 502 g/mol. The monoisotopic (exact) mass is 500 g/mol. The number of amides is 3. The molecule has 1 fully saturated rings. The Kier molecular flexibility index (Phi) is 6.66. The molecule has 1 saturated heterocycles. The maximum Gasteiger partial charge on any atom is 0.290 e. The molecule has 2 aromatic carbocycles. The van der Waals surface area contributed by atoms with E-state index in [0.29, 0.717) is 27.0 Å². The number of rotatable bonds is 5. The molecular weight excluding hydrogens is 491 g/mol. The Balaban J connectivity index is 1.71. The molecule has 0 spiro atoms. The van der Waals surface area contributed by atoms with Gasteiger partial charge in [-0.25, -0.2) is 0 Å². The molecule has 1 aliphatic heterocycles.